The molecule has 0 aliphatic carbocycles. The van der Waals surface area contributed by atoms with Gasteiger partial charge in [-0.3, -0.25) is 4.79 Å². The van der Waals surface area contributed by atoms with Crippen LogP contribution in [0.1, 0.15) is 23.6 Å². The molecule has 2 amide bonds. The van der Waals surface area contributed by atoms with Gasteiger partial charge >= 0.3 is 6.03 Å². The number of nitrogens with one attached hydrogen (secondary N) is 1. The predicted molar refractivity (Wildman–Crippen MR) is 125 cm³/mol. The maximum atomic E-state index is 13.1. The molecule has 2 aromatic carbocycles. The summed E-state index contributed by atoms with van der Waals surface area (Å²) in [5.41, 5.74) is 3.99. The molecule has 2 aliphatic heterocycles. The highest BCUT2D eigenvalue weighted by molar-refractivity contribution is 5.91. The van der Waals surface area contributed by atoms with E-state index < -0.39 is 0 Å². The lowest BCUT2D eigenvalue weighted by molar-refractivity contribution is 0.140. The van der Waals surface area contributed by atoms with E-state index in [2.05, 4.69) is 11.4 Å². The molecule has 7 nitrogen and oxygen atoms in total. The van der Waals surface area contributed by atoms with Crippen LogP contribution in [-0.4, -0.2) is 35.7 Å². The molecule has 0 spiro atoms. The van der Waals surface area contributed by atoms with E-state index in [4.69, 9.17) is 4.74 Å². The van der Waals surface area contributed by atoms with Crippen LogP contribution >= 0.6 is 0 Å². The molecule has 2 aliphatic rings. The molecule has 3 heterocycles. The molecule has 33 heavy (non-hydrogen) atoms. The smallest absolute Gasteiger partial charge is 0.321 e. The number of carbonyl (C=O) groups excluding carboxylic acids is 1. The number of hydrogen-bond acceptors (Lipinski definition) is 4. The lowest BCUT2D eigenvalue weighted by Crippen LogP contribution is -2.50. The van der Waals surface area contributed by atoms with Crippen molar-refractivity contribution >= 4 is 11.7 Å². The molecule has 1 fully saturated rings. The average molecular weight is 441 g/mol. The van der Waals surface area contributed by atoms with Gasteiger partial charge in [0.25, 0.3) is 5.56 Å². The second-order valence-corrected chi connectivity index (χ2v) is 8.61. The minimum Gasteiger partial charge on any atom is -0.495 e. The SMILES string of the molecule is COc1ccccc1NC(=O)N1C[C@H]2C[C@H](C1)c1c(-c3cccc(C#N)c3)ccc(=O)n1C2. The Hall–Kier alpha value is -4.05. The normalized spacial score (nSPS) is 18.7. The first-order chi connectivity index (χ1) is 16.1. The highest BCUT2D eigenvalue weighted by atomic mass is 16.5. The lowest BCUT2D eigenvalue weighted by atomic mass is 9.80. The van der Waals surface area contributed by atoms with Gasteiger partial charge in [0.15, 0.2) is 0 Å². The van der Waals surface area contributed by atoms with Gasteiger partial charge in [0, 0.05) is 42.9 Å². The second kappa shape index (κ2) is 8.47. The number of carbonyl (C=O) groups is 1. The van der Waals surface area contributed by atoms with Crippen molar-refractivity contribution < 1.29 is 9.53 Å². The Kier molecular flexibility index (Phi) is 5.35. The first kappa shape index (κ1) is 20.8. The van der Waals surface area contributed by atoms with Gasteiger partial charge in [0.2, 0.25) is 0 Å². The van der Waals surface area contributed by atoms with Crippen LogP contribution < -0.4 is 15.6 Å². The summed E-state index contributed by atoms with van der Waals surface area (Å²) in [6.45, 7) is 1.69. The van der Waals surface area contributed by atoms with Gasteiger partial charge in [-0.2, -0.15) is 5.26 Å². The third kappa shape index (κ3) is 3.85. The number of nitriles is 1. The standard InChI is InChI=1S/C26H24N4O3/c1-33-23-8-3-2-7-22(23)28-26(32)29-14-18-12-20(16-29)25-21(9-10-24(31)30(25)15-18)19-6-4-5-17(11-19)13-27/h2-11,18,20H,12,14-16H2,1H3,(H,28,32)/t18-,20-/m1/s1. The van der Waals surface area contributed by atoms with Crippen LogP contribution in [0.5, 0.6) is 5.75 Å². The van der Waals surface area contributed by atoms with Crippen molar-refractivity contribution in [3.8, 4) is 22.9 Å². The molecule has 1 aromatic heterocycles. The van der Waals surface area contributed by atoms with Crippen LogP contribution in [0.4, 0.5) is 10.5 Å². The topological polar surface area (TPSA) is 87.4 Å². The summed E-state index contributed by atoms with van der Waals surface area (Å²) in [6, 6.07) is 20.2. The van der Waals surface area contributed by atoms with Crippen molar-refractivity contribution in [2.24, 2.45) is 5.92 Å². The lowest BCUT2D eigenvalue weighted by Gasteiger charge is -2.43. The molecule has 0 unspecified atom stereocenters. The van der Waals surface area contributed by atoms with Gasteiger partial charge in [0.05, 0.1) is 24.4 Å². The number of nitrogens with zero attached hydrogens (tertiary/aromatic N) is 3. The molecule has 0 radical (unpaired) electrons. The van der Waals surface area contributed by atoms with Crippen molar-refractivity contribution in [3.05, 3.63) is 82.3 Å². The number of amides is 2. The quantitative estimate of drug-likeness (QED) is 0.666. The number of likely N-dealkylation sites (tertiary alicyclic amines) is 1. The second-order valence-electron chi connectivity index (χ2n) is 8.61. The van der Waals surface area contributed by atoms with E-state index in [0.29, 0.717) is 36.6 Å². The van der Waals surface area contributed by atoms with Crippen LogP contribution in [0.2, 0.25) is 0 Å². The zero-order valence-corrected chi connectivity index (χ0v) is 18.3. The number of para-hydroxylation sites is 2. The van der Waals surface area contributed by atoms with E-state index in [-0.39, 0.29) is 23.4 Å². The monoisotopic (exact) mass is 440 g/mol. The fourth-order valence-electron chi connectivity index (χ4n) is 5.12. The number of ether oxygens (including phenoxy) is 1. The fourth-order valence-corrected chi connectivity index (χ4v) is 5.12. The van der Waals surface area contributed by atoms with Crippen molar-refractivity contribution in [1.82, 2.24) is 9.47 Å². The Morgan fingerprint density at radius 3 is 2.76 bits per heavy atom. The molecular weight excluding hydrogens is 416 g/mol. The summed E-state index contributed by atoms with van der Waals surface area (Å²) in [5, 5.41) is 12.3. The number of anilines is 1. The largest absolute Gasteiger partial charge is 0.495 e. The molecule has 1 N–H and O–H groups in total. The minimum atomic E-state index is -0.172. The molecule has 7 heteroatoms. The van der Waals surface area contributed by atoms with Crippen LogP contribution in [0.15, 0.2) is 65.5 Å². The molecule has 0 saturated carbocycles. The van der Waals surface area contributed by atoms with E-state index >= 15 is 0 Å². The highest BCUT2D eigenvalue weighted by Gasteiger charge is 2.38. The number of hydrogen-bond donors (Lipinski definition) is 1. The van der Waals surface area contributed by atoms with Gasteiger partial charge in [-0.25, -0.2) is 4.79 Å². The zero-order chi connectivity index (χ0) is 22.9. The number of fused-ring (bicyclic) bond motifs is 4. The van der Waals surface area contributed by atoms with Gasteiger partial charge in [-0.1, -0.05) is 24.3 Å². The summed E-state index contributed by atoms with van der Waals surface area (Å²) in [6.07, 6.45) is 0.923. The summed E-state index contributed by atoms with van der Waals surface area (Å²) in [4.78, 5) is 27.7. The fraction of sp³-hybridized carbons (Fsp3) is 0.269. The summed E-state index contributed by atoms with van der Waals surface area (Å²) in [7, 11) is 1.58. The first-order valence-corrected chi connectivity index (χ1v) is 11.0. The number of piperidine rings is 1. The van der Waals surface area contributed by atoms with Crippen LogP contribution in [0.3, 0.4) is 0 Å². The highest BCUT2D eigenvalue weighted by Crippen LogP contribution is 2.40. The van der Waals surface area contributed by atoms with E-state index in [1.807, 2.05) is 58.0 Å². The van der Waals surface area contributed by atoms with Crippen molar-refractivity contribution in [2.45, 2.75) is 18.9 Å². The Balaban J connectivity index is 1.47. The summed E-state index contributed by atoms with van der Waals surface area (Å²) in [5.74, 6) is 0.855. The van der Waals surface area contributed by atoms with E-state index in [9.17, 15) is 14.9 Å². The number of benzene rings is 2. The number of methoxy groups -OCH3 is 1. The predicted octanol–water partition coefficient (Wildman–Crippen LogP) is 4.05. The molecular formula is C26H24N4O3. The van der Waals surface area contributed by atoms with Crippen LogP contribution in [0.25, 0.3) is 11.1 Å². The van der Waals surface area contributed by atoms with Crippen molar-refractivity contribution in [3.63, 3.8) is 0 Å². The Morgan fingerprint density at radius 2 is 1.94 bits per heavy atom. The van der Waals surface area contributed by atoms with E-state index in [1.165, 1.54) is 0 Å². The van der Waals surface area contributed by atoms with Crippen molar-refractivity contribution in [1.29, 1.82) is 5.26 Å². The molecule has 2 atom stereocenters. The van der Waals surface area contributed by atoms with Crippen molar-refractivity contribution in [2.75, 3.05) is 25.5 Å². The molecule has 5 rings (SSSR count). The number of aromatic nitrogens is 1. The Bertz CT molecular complexity index is 1320. The van der Waals surface area contributed by atoms with E-state index in [1.54, 1.807) is 19.2 Å². The van der Waals surface area contributed by atoms with Crippen LogP contribution in [-0.2, 0) is 6.54 Å². The third-order valence-electron chi connectivity index (χ3n) is 6.53. The Labute approximate surface area is 191 Å². The maximum Gasteiger partial charge on any atom is 0.321 e. The molecule has 1 saturated heterocycles. The van der Waals surface area contributed by atoms with Gasteiger partial charge in [-0.15, -0.1) is 0 Å². The molecule has 166 valence electrons. The third-order valence-corrected chi connectivity index (χ3v) is 6.53. The van der Waals surface area contributed by atoms with Gasteiger partial charge in [0.1, 0.15) is 5.75 Å². The van der Waals surface area contributed by atoms with Crippen LogP contribution in [0, 0.1) is 17.2 Å². The zero-order valence-electron chi connectivity index (χ0n) is 18.3. The number of urea groups is 1. The molecule has 2 bridgehead atoms. The summed E-state index contributed by atoms with van der Waals surface area (Å²) < 4.78 is 7.22. The minimum absolute atomic E-state index is 0.0215. The van der Waals surface area contributed by atoms with Gasteiger partial charge < -0.3 is 19.5 Å². The maximum absolute atomic E-state index is 13.1. The first-order valence-electron chi connectivity index (χ1n) is 11.0. The molecule has 3 aromatic rings. The number of pyridine rings is 1. The summed E-state index contributed by atoms with van der Waals surface area (Å²) >= 11 is 0. The van der Waals surface area contributed by atoms with Gasteiger partial charge in [-0.05, 0) is 48.2 Å². The Morgan fingerprint density at radius 1 is 1.09 bits per heavy atom. The van der Waals surface area contributed by atoms with E-state index in [0.717, 1.165) is 23.2 Å². The average Bonchev–Trinajstić information content (AvgIpc) is 2.85. The number of rotatable bonds is 3.